The molecule has 2 nitrogen and oxygen atoms in total. The van der Waals surface area contributed by atoms with Crippen molar-refractivity contribution in [3.8, 4) is 0 Å². The number of anilines is 1. The zero-order chi connectivity index (χ0) is 12.0. The third-order valence-corrected chi connectivity index (χ3v) is 2.94. The Labute approximate surface area is 97.3 Å². The SMILES string of the molecule is CCCCC(CN)N(C)c1ccc(F)cc1. The van der Waals surface area contributed by atoms with E-state index in [1.54, 1.807) is 12.1 Å². The van der Waals surface area contributed by atoms with Crippen LogP contribution in [0.5, 0.6) is 0 Å². The lowest BCUT2D eigenvalue weighted by atomic mass is 10.1. The van der Waals surface area contributed by atoms with Gasteiger partial charge >= 0.3 is 0 Å². The van der Waals surface area contributed by atoms with Gasteiger partial charge in [-0.1, -0.05) is 19.8 Å². The molecule has 0 saturated carbocycles. The smallest absolute Gasteiger partial charge is 0.123 e. The van der Waals surface area contributed by atoms with E-state index in [0.29, 0.717) is 12.6 Å². The second-order valence-corrected chi connectivity index (χ2v) is 4.12. The van der Waals surface area contributed by atoms with Crippen LogP contribution < -0.4 is 10.6 Å². The normalized spacial score (nSPS) is 12.5. The van der Waals surface area contributed by atoms with Gasteiger partial charge in [-0.25, -0.2) is 4.39 Å². The van der Waals surface area contributed by atoms with E-state index in [1.807, 2.05) is 7.05 Å². The van der Waals surface area contributed by atoms with Gasteiger partial charge in [-0.15, -0.1) is 0 Å². The molecule has 0 bridgehead atoms. The summed E-state index contributed by atoms with van der Waals surface area (Å²) in [5, 5.41) is 0. The maximum absolute atomic E-state index is 12.8. The number of nitrogens with zero attached hydrogens (tertiary/aromatic N) is 1. The maximum atomic E-state index is 12.8. The quantitative estimate of drug-likeness (QED) is 0.805. The largest absolute Gasteiger partial charge is 0.370 e. The first-order valence-electron chi connectivity index (χ1n) is 5.87. The Morgan fingerprint density at radius 3 is 2.44 bits per heavy atom. The first kappa shape index (κ1) is 13.0. The maximum Gasteiger partial charge on any atom is 0.123 e. The standard InChI is InChI=1S/C13H21FN2/c1-3-4-5-13(10-15)16(2)12-8-6-11(14)7-9-12/h6-9,13H,3-5,10,15H2,1-2H3. The highest BCUT2D eigenvalue weighted by molar-refractivity contribution is 5.46. The average Bonchev–Trinajstić information content (AvgIpc) is 2.30. The molecule has 0 spiro atoms. The number of benzene rings is 1. The third-order valence-electron chi connectivity index (χ3n) is 2.94. The van der Waals surface area contributed by atoms with Gasteiger partial charge < -0.3 is 10.6 Å². The molecule has 1 atom stereocenters. The van der Waals surface area contributed by atoms with Crippen molar-refractivity contribution >= 4 is 5.69 Å². The predicted molar refractivity (Wildman–Crippen MR) is 67.2 cm³/mol. The fourth-order valence-electron chi connectivity index (χ4n) is 1.80. The molecule has 2 N–H and O–H groups in total. The summed E-state index contributed by atoms with van der Waals surface area (Å²) in [5.74, 6) is -0.199. The van der Waals surface area contributed by atoms with E-state index in [0.717, 1.165) is 12.1 Å². The Morgan fingerprint density at radius 1 is 1.31 bits per heavy atom. The Balaban J connectivity index is 2.66. The van der Waals surface area contributed by atoms with E-state index >= 15 is 0 Å². The molecule has 0 radical (unpaired) electrons. The van der Waals surface area contributed by atoms with Crippen molar-refractivity contribution in [3.63, 3.8) is 0 Å². The van der Waals surface area contributed by atoms with Gasteiger partial charge in [0.25, 0.3) is 0 Å². The number of rotatable bonds is 6. The highest BCUT2D eigenvalue weighted by atomic mass is 19.1. The molecule has 1 aromatic carbocycles. The average molecular weight is 224 g/mol. The number of likely N-dealkylation sites (N-methyl/N-ethyl adjacent to an activating group) is 1. The molecular formula is C13H21FN2. The molecule has 0 aliphatic heterocycles. The number of unbranched alkanes of at least 4 members (excludes halogenated alkanes) is 1. The minimum absolute atomic E-state index is 0.199. The minimum atomic E-state index is -0.199. The zero-order valence-corrected chi connectivity index (χ0v) is 10.1. The van der Waals surface area contributed by atoms with Crippen LogP contribution in [0, 0.1) is 5.82 Å². The molecule has 0 aromatic heterocycles. The van der Waals surface area contributed by atoms with Crippen LogP contribution in [0.15, 0.2) is 24.3 Å². The lowest BCUT2D eigenvalue weighted by molar-refractivity contribution is 0.557. The van der Waals surface area contributed by atoms with Crippen LogP contribution in [-0.4, -0.2) is 19.6 Å². The molecular weight excluding hydrogens is 203 g/mol. The van der Waals surface area contributed by atoms with Crippen molar-refractivity contribution in [2.24, 2.45) is 5.73 Å². The van der Waals surface area contributed by atoms with Crippen molar-refractivity contribution in [2.75, 3.05) is 18.5 Å². The molecule has 1 unspecified atom stereocenters. The Morgan fingerprint density at radius 2 is 1.94 bits per heavy atom. The number of hydrogen-bond donors (Lipinski definition) is 1. The fourth-order valence-corrected chi connectivity index (χ4v) is 1.80. The van der Waals surface area contributed by atoms with E-state index in [2.05, 4.69) is 11.8 Å². The van der Waals surface area contributed by atoms with Crippen LogP contribution in [0.3, 0.4) is 0 Å². The summed E-state index contributed by atoms with van der Waals surface area (Å²) in [6, 6.07) is 6.90. The molecule has 3 heteroatoms. The molecule has 0 heterocycles. The summed E-state index contributed by atoms with van der Waals surface area (Å²) in [7, 11) is 2.01. The van der Waals surface area contributed by atoms with Crippen LogP contribution in [0.2, 0.25) is 0 Å². The number of hydrogen-bond acceptors (Lipinski definition) is 2. The number of nitrogens with two attached hydrogens (primary N) is 1. The summed E-state index contributed by atoms with van der Waals surface area (Å²) in [6.45, 7) is 2.80. The third kappa shape index (κ3) is 3.49. The lowest BCUT2D eigenvalue weighted by Crippen LogP contribution is -2.37. The Bertz CT molecular complexity index is 297. The highest BCUT2D eigenvalue weighted by Crippen LogP contribution is 2.18. The lowest BCUT2D eigenvalue weighted by Gasteiger charge is -2.29. The van der Waals surface area contributed by atoms with E-state index in [1.165, 1.54) is 25.0 Å². The molecule has 90 valence electrons. The van der Waals surface area contributed by atoms with Crippen LogP contribution >= 0.6 is 0 Å². The number of halogens is 1. The van der Waals surface area contributed by atoms with Crippen molar-refractivity contribution < 1.29 is 4.39 Å². The van der Waals surface area contributed by atoms with Crippen LogP contribution in [0.1, 0.15) is 26.2 Å². The molecule has 0 aliphatic carbocycles. The summed E-state index contributed by atoms with van der Waals surface area (Å²) in [5.41, 5.74) is 6.79. The van der Waals surface area contributed by atoms with Crippen molar-refractivity contribution in [1.29, 1.82) is 0 Å². The van der Waals surface area contributed by atoms with Gasteiger partial charge in [0.05, 0.1) is 0 Å². The molecule has 1 rings (SSSR count). The van der Waals surface area contributed by atoms with Gasteiger partial charge in [-0.2, -0.15) is 0 Å². The summed E-state index contributed by atoms with van der Waals surface area (Å²) in [4.78, 5) is 2.13. The van der Waals surface area contributed by atoms with Gasteiger partial charge in [-0.05, 0) is 30.7 Å². The first-order chi connectivity index (χ1) is 7.69. The van der Waals surface area contributed by atoms with Gasteiger partial charge in [0.1, 0.15) is 5.82 Å². The second-order valence-electron chi connectivity index (χ2n) is 4.12. The second kappa shape index (κ2) is 6.48. The monoisotopic (exact) mass is 224 g/mol. The van der Waals surface area contributed by atoms with Gasteiger partial charge in [0, 0.05) is 25.3 Å². The van der Waals surface area contributed by atoms with Gasteiger partial charge in [0.2, 0.25) is 0 Å². The first-order valence-corrected chi connectivity index (χ1v) is 5.87. The van der Waals surface area contributed by atoms with Crippen molar-refractivity contribution in [2.45, 2.75) is 32.2 Å². The van der Waals surface area contributed by atoms with Crippen molar-refractivity contribution in [3.05, 3.63) is 30.1 Å². The van der Waals surface area contributed by atoms with Crippen LogP contribution in [0.25, 0.3) is 0 Å². The summed E-state index contributed by atoms with van der Waals surface area (Å²) < 4.78 is 12.8. The van der Waals surface area contributed by atoms with E-state index in [9.17, 15) is 4.39 Å². The summed E-state index contributed by atoms with van der Waals surface area (Å²) in [6.07, 6.45) is 3.43. The molecule has 0 amide bonds. The van der Waals surface area contributed by atoms with Crippen LogP contribution in [0.4, 0.5) is 10.1 Å². The van der Waals surface area contributed by atoms with E-state index in [4.69, 9.17) is 5.73 Å². The van der Waals surface area contributed by atoms with E-state index in [-0.39, 0.29) is 5.82 Å². The molecule has 0 fully saturated rings. The Kier molecular flexibility index (Phi) is 5.26. The van der Waals surface area contributed by atoms with Crippen LogP contribution in [-0.2, 0) is 0 Å². The Hall–Kier alpha value is -1.09. The molecule has 0 aliphatic rings. The molecule has 0 saturated heterocycles. The highest BCUT2D eigenvalue weighted by Gasteiger charge is 2.12. The molecule has 1 aromatic rings. The predicted octanol–water partition coefficient (Wildman–Crippen LogP) is 2.78. The van der Waals surface area contributed by atoms with Gasteiger partial charge in [0.15, 0.2) is 0 Å². The molecule has 16 heavy (non-hydrogen) atoms. The topological polar surface area (TPSA) is 29.3 Å². The van der Waals surface area contributed by atoms with Crippen molar-refractivity contribution in [1.82, 2.24) is 0 Å². The summed E-state index contributed by atoms with van der Waals surface area (Å²) >= 11 is 0. The van der Waals surface area contributed by atoms with Gasteiger partial charge in [-0.3, -0.25) is 0 Å². The minimum Gasteiger partial charge on any atom is -0.370 e. The fraction of sp³-hybridized carbons (Fsp3) is 0.538. The van der Waals surface area contributed by atoms with E-state index < -0.39 is 0 Å². The zero-order valence-electron chi connectivity index (χ0n) is 10.1.